The fraction of sp³-hybridized carbons (Fsp3) is 0.725. The number of ketones is 2. The van der Waals surface area contributed by atoms with Gasteiger partial charge in [-0.3, -0.25) is 14.4 Å². The Morgan fingerprint density at radius 1 is 0.891 bits per heavy atom. The van der Waals surface area contributed by atoms with Crippen molar-refractivity contribution in [3.8, 4) is 0 Å². The largest absolute Gasteiger partial charge is 0.456 e. The number of benzene rings is 1. The minimum atomic E-state index is -2.50. The van der Waals surface area contributed by atoms with Crippen molar-refractivity contribution in [2.24, 2.45) is 29.6 Å². The van der Waals surface area contributed by atoms with Crippen molar-refractivity contribution < 1.29 is 57.8 Å². The molecule has 3 heterocycles. The highest BCUT2D eigenvalue weighted by Gasteiger charge is 2.56. The number of fused-ring (bicyclic) bond motifs is 3. The quantitative estimate of drug-likeness (QED) is 0.145. The van der Waals surface area contributed by atoms with Crippen LogP contribution in [0.5, 0.6) is 0 Å². The van der Waals surface area contributed by atoms with E-state index in [9.17, 15) is 29.4 Å². The third-order valence-corrected chi connectivity index (χ3v) is 14.4. The van der Waals surface area contributed by atoms with Crippen molar-refractivity contribution in [1.82, 2.24) is 4.90 Å². The number of methoxy groups -OCH3 is 3. The fourth-order valence-corrected chi connectivity index (χ4v) is 10.5. The number of carbonyl (C=O) groups excluding carboxylic acids is 4. The minimum absolute atomic E-state index is 0.0357. The number of carbonyl (C=O) groups is 4. The van der Waals surface area contributed by atoms with Crippen LogP contribution >= 0.6 is 0 Å². The molecule has 13 nitrogen and oxygen atoms in total. The van der Waals surface area contributed by atoms with Gasteiger partial charge in [-0.1, -0.05) is 75.8 Å². The molecular formula is C51H77NO12. The van der Waals surface area contributed by atoms with Crippen LogP contribution < -0.4 is 0 Å². The van der Waals surface area contributed by atoms with E-state index in [-0.39, 0.29) is 55.6 Å². The zero-order valence-electron chi connectivity index (χ0n) is 39.9. The molecule has 1 saturated carbocycles. The third-order valence-electron chi connectivity index (χ3n) is 14.4. The third kappa shape index (κ3) is 12.8. The fourth-order valence-electron chi connectivity index (χ4n) is 10.5. The molecule has 2 saturated heterocycles. The van der Waals surface area contributed by atoms with Crippen LogP contribution in [-0.2, 0) is 54.0 Å². The van der Waals surface area contributed by atoms with Gasteiger partial charge in [0, 0.05) is 52.0 Å². The van der Waals surface area contributed by atoms with Gasteiger partial charge in [-0.05, 0) is 107 Å². The van der Waals surface area contributed by atoms with Crippen molar-refractivity contribution >= 4 is 23.4 Å². The van der Waals surface area contributed by atoms with E-state index >= 15 is 0 Å². The molecule has 2 N–H and O–H groups in total. The predicted molar refractivity (Wildman–Crippen MR) is 242 cm³/mol. The maximum atomic E-state index is 14.5. The van der Waals surface area contributed by atoms with Crippen LogP contribution in [0.2, 0.25) is 0 Å². The number of nitrogens with zero attached hydrogens (tertiary/aromatic N) is 1. The first-order valence-corrected chi connectivity index (χ1v) is 23.8. The maximum Gasteiger partial charge on any atom is 0.329 e. The summed E-state index contributed by atoms with van der Waals surface area (Å²) in [6.07, 6.45) is 5.86. The van der Waals surface area contributed by atoms with Gasteiger partial charge >= 0.3 is 5.97 Å². The van der Waals surface area contributed by atoms with Gasteiger partial charge in [0.15, 0.2) is 0 Å². The van der Waals surface area contributed by atoms with Crippen molar-refractivity contribution in [3.05, 3.63) is 59.2 Å². The number of amides is 1. The monoisotopic (exact) mass is 896 g/mol. The highest BCUT2D eigenvalue weighted by molar-refractivity contribution is 6.39. The highest BCUT2D eigenvalue weighted by Crippen LogP contribution is 2.39. The van der Waals surface area contributed by atoms with Crippen molar-refractivity contribution in [2.75, 3.05) is 34.5 Å². The number of hydrogen-bond donors (Lipinski definition) is 2. The van der Waals surface area contributed by atoms with Crippen LogP contribution in [0.4, 0.5) is 0 Å². The van der Waals surface area contributed by atoms with Crippen LogP contribution in [0.3, 0.4) is 0 Å². The molecule has 1 amide bonds. The van der Waals surface area contributed by atoms with E-state index in [4.69, 9.17) is 28.4 Å². The number of aliphatic hydroxyl groups is 2. The number of aliphatic hydroxyl groups excluding tert-OH is 1. The van der Waals surface area contributed by atoms with Gasteiger partial charge in [-0.2, -0.15) is 0 Å². The molecule has 1 aliphatic carbocycles. The Bertz CT molecular complexity index is 1770. The van der Waals surface area contributed by atoms with Crippen LogP contribution in [0.25, 0.3) is 0 Å². The lowest BCUT2D eigenvalue weighted by Gasteiger charge is -2.47. The van der Waals surface area contributed by atoms with E-state index in [2.05, 4.69) is 25.1 Å². The summed E-state index contributed by atoms with van der Waals surface area (Å²) in [6, 6.07) is 9.09. The maximum absolute atomic E-state index is 14.5. The van der Waals surface area contributed by atoms with E-state index in [1.807, 2.05) is 45.0 Å². The minimum Gasteiger partial charge on any atom is -0.456 e. The Morgan fingerprint density at radius 3 is 2.25 bits per heavy atom. The van der Waals surface area contributed by atoms with Gasteiger partial charge < -0.3 is 43.5 Å². The predicted octanol–water partition coefficient (Wildman–Crippen LogP) is 6.74. The number of cyclic esters (lactones) is 1. The molecule has 1 aromatic rings. The Morgan fingerprint density at radius 2 is 1.58 bits per heavy atom. The molecule has 14 unspecified atom stereocenters. The Balaban J connectivity index is 1.45. The molecule has 64 heavy (non-hydrogen) atoms. The zero-order chi connectivity index (χ0) is 46.7. The normalized spacial score (nSPS) is 37.8. The van der Waals surface area contributed by atoms with Crippen LogP contribution in [0, 0.1) is 29.6 Å². The standard InChI is InChI=1S/C51H77NO12/c1-10-38-25-31(2)24-32(3)26-44(60-8)47-45(61-9)28-34(5)51(58,64-47)48(55)49(56)52-22-15-14-18-39(52)50(57)63-46(35(6)40(53)30-41(38)54)33(4)27-37-19-20-42(43(29-37)59-7)62-23-21-36-16-12-11-13-17-36/h11-13,16-17,25,27,32,34-35,37-40,42-47,53,58H,10,14-15,18-24,26,28-30H2,1-9H3/b31-25+,33-27?. The van der Waals surface area contributed by atoms with E-state index in [0.717, 1.165) is 24.8 Å². The first-order chi connectivity index (χ1) is 30.5. The van der Waals surface area contributed by atoms with E-state index < -0.39 is 77.8 Å². The number of piperidine rings is 1. The number of hydrogen-bond acceptors (Lipinski definition) is 12. The molecule has 14 atom stereocenters. The van der Waals surface area contributed by atoms with Crippen molar-refractivity contribution in [1.29, 1.82) is 0 Å². The number of Topliss-reactive ketones (excluding diaryl/α,β-unsaturated/α-hetero) is 2. The SMILES string of the molecule is CCC1/C=C(\C)CC(C)CC(OC)C2OC(O)(C(=O)C(=O)N3CCCCC3C(=O)OC(C(C)=CC3CCC(OCCc4ccccc4)C(OC)C3)C(C)C(O)CC1=O)C(C)CC2OC. The molecule has 5 rings (SSSR count). The van der Waals surface area contributed by atoms with Crippen LogP contribution in [0.15, 0.2) is 53.6 Å². The summed E-state index contributed by atoms with van der Waals surface area (Å²) in [6.45, 7) is 12.0. The summed E-state index contributed by atoms with van der Waals surface area (Å²) < 4.78 is 36.7. The topological polar surface area (TPSA) is 167 Å². The number of allylic oxidation sites excluding steroid dienone is 3. The van der Waals surface area contributed by atoms with E-state index in [1.54, 1.807) is 35.2 Å². The second-order valence-corrected chi connectivity index (χ2v) is 19.2. The average Bonchev–Trinajstić information content (AvgIpc) is 3.29. The lowest BCUT2D eigenvalue weighted by molar-refractivity contribution is -0.302. The highest BCUT2D eigenvalue weighted by atomic mass is 16.7. The molecule has 0 aromatic heterocycles. The van der Waals surface area contributed by atoms with Crippen LogP contribution in [-0.4, -0.2) is 128 Å². The molecule has 1 aromatic carbocycles. The van der Waals surface area contributed by atoms with Gasteiger partial charge in [-0.15, -0.1) is 0 Å². The number of ether oxygens (including phenoxy) is 6. The lowest BCUT2D eigenvalue weighted by atomic mass is 9.81. The Labute approximate surface area is 381 Å². The molecule has 2 bridgehead atoms. The first kappa shape index (κ1) is 51.7. The smallest absolute Gasteiger partial charge is 0.329 e. The molecule has 4 aliphatic rings. The summed E-state index contributed by atoms with van der Waals surface area (Å²) >= 11 is 0. The lowest BCUT2D eigenvalue weighted by Crippen LogP contribution is -2.64. The Kier molecular flexibility index (Phi) is 19.3. The van der Waals surface area contributed by atoms with E-state index in [1.165, 1.54) is 10.5 Å². The molecular weight excluding hydrogens is 819 g/mol. The molecule has 0 radical (unpaired) electrons. The summed E-state index contributed by atoms with van der Waals surface area (Å²) in [5, 5.41) is 23.9. The molecule has 3 fully saturated rings. The first-order valence-electron chi connectivity index (χ1n) is 23.8. The Hall–Kier alpha value is -3.30. The number of rotatable bonds is 10. The average molecular weight is 896 g/mol. The van der Waals surface area contributed by atoms with Crippen molar-refractivity contribution in [2.45, 2.75) is 173 Å². The summed E-state index contributed by atoms with van der Waals surface area (Å²) in [5.41, 5.74) is 2.92. The second kappa shape index (κ2) is 23.9. The number of esters is 1. The van der Waals surface area contributed by atoms with Gasteiger partial charge in [0.05, 0.1) is 37.1 Å². The molecule has 0 spiro atoms. The second-order valence-electron chi connectivity index (χ2n) is 19.2. The van der Waals surface area contributed by atoms with Gasteiger partial charge in [0.25, 0.3) is 11.7 Å². The van der Waals surface area contributed by atoms with Crippen molar-refractivity contribution in [3.63, 3.8) is 0 Å². The molecule has 358 valence electrons. The van der Waals surface area contributed by atoms with Crippen LogP contribution in [0.1, 0.15) is 118 Å². The van der Waals surface area contributed by atoms with Gasteiger partial charge in [-0.25, -0.2) is 4.79 Å². The summed E-state index contributed by atoms with van der Waals surface area (Å²) in [5.74, 6) is -7.38. The van der Waals surface area contributed by atoms with Gasteiger partial charge in [0.1, 0.15) is 24.0 Å². The summed E-state index contributed by atoms with van der Waals surface area (Å²) in [4.78, 5) is 58.3. The van der Waals surface area contributed by atoms with Gasteiger partial charge in [0.2, 0.25) is 5.79 Å². The summed E-state index contributed by atoms with van der Waals surface area (Å²) in [7, 11) is 4.77. The molecule has 13 heteroatoms. The zero-order valence-corrected chi connectivity index (χ0v) is 39.9. The van der Waals surface area contributed by atoms with E-state index in [0.29, 0.717) is 50.7 Å². The molecule has 3 aliphatic heterocycles.